The summed E-state index contributed by atoms with van der Waals surface area (Å²) in [5, 5.41) is 21.2. The third-order valence-electron chi connectivity index (χ3n) is 4.47. The molecule has 1 aliphatic heterocycles. The predicted octanol–water partition coefficient (Wildman–Crippen LogP) is 4.61. The first-order valence-electron chi connectivity index (χ1n) is 9.60. The molecule has 0 bridgehead atoms. The Bertz CT molecular complexity index is 1080. The molecule has 0 unspecified atom stereocenters. The number of hydrogen-bond acceptors (Lipinski definition) is 9. The molecule has 2 aromatic carbocycles. The summed E-state index contributed by atoms with van der Waals surface area (Å²) >= 11 is 1.12. The maximum atomic E-state index is 12.5. The zero-order valence-corrected chi connectivity index (χ0v) is 18.9. The highest BCUT2D eigenvalue weighted by Crippen LogP contribution is 2.42. The number of aliphatic hydroxyl groups excluding tert-OH is 1. The summed E-state index contributed by atoms with van der Waals surface area (Å²) in [5.74, 6) is 0.0411. The summed E-state index contributed by atoms with van der Waals surface area (Å²) in [6.07, 6.45) is 1.64. The Labute approximate surface area is 189 Å². The van der Waals surface area contributed by atoms with Crippen molar-refractivity contribution in [1.82, 2.24) is 0 Å². The van der Waals surface area contributed by atoms with Gasteiger partial charge in [0.25, 0.3) is 0 Å². The van der Waals surface area contributed by atoms with Gasteiger partial charge in [-0.1, -0.05) is 11.8 Å². The number of rotatable bonds is 7. The average molecular weight is 458 g/mol. The van der Waals surface area contributed by atoms with Crippen LogP contribution in [0.3, 0.4) is 0 Å². The Balaban J connectivity index is 2.06. The van der Waals surface area contributed by atoms with Crippen molar-refractivity contribution in [2.45, 2.75) is 6.92 Å². The minimum absolute atomic E-state index is 0.0170. The Morgan fingerprint density at radius 1 is 1.03 bits per heavy atom. The Morgan fingerprint density at radius 3 is 2.19 bits per heavy atom. The first-order valence-corrected chi connectivity index (χ1v) is 10.4. The third kappa shape index (κ3) is 4.83. The lowest BCUT2D eigenvalue weighted by Gasteiger charge is -2.10. The number of phenolic OH excluding ortho intramolecular Hbond substituents is 1. The molecule has 0 amide bonds. The summed E-state index contributed by atoms with van der Waals surface area (Å²) in [6, 6.07) is 10.1. The highest BCUT2D eigenvalue weighted by Gasteiger charge is 2.33. The molecule has 0 aromatic heterocycles. The normalized spacial score (nSPS) is 15.9. The van der Waals surface area contributed by atoms with E-state index >= 15 is 0 Å². The SMILES string of the molecule is CCOC(=O)C1=C(O)/C(=C/c2cc(OC)c(O)c(OC)c2)SC1=Nc1ccc(OC)cc1. The molecule has 168 valence electrons. The number of hydrogen-bond donors (Lipinski definition) is 2. The lowest BCUT2D eigenvalue weighted by molar-refractivity contribution is -0.138. The van der Waals surface area contributed by atoms with Gasteiger partial charge >= 0.3 is 5.97 Å². The number of methoxy groups -OCH3 is 3. The molecule has 1 heterocycles. The van der Waals surface area contributed by atoms with E-state index in [4.69, 9.17) is 18.9 Å². The average Bonchev–Trinajstić information content (AvgIpc) is 3.09. The van der Waals surface area contributed by atoms with Gasteiger partial charge in [0.05, 0.1) is 38.5 Å². The van der Waals surface area contributed by atoms with Gasteiger partial charge in [-0.15, -0.1) is 0 Å². The summed E-state index contributed by atoms with van der Waals surface area (Å²) < 4.78 is 20.6. The maximum absolute atomic E-state index is 12.5. The molecule has 0 radical (unpaired) electrons. The molecule has 0 saturated heterocycles. The molecule has 2 aromatic rings. The number of aliphatic imine (C=N–C) groups is 1. The summed E-state index contributed by atoms with van der Waals surface area (Å²) in [5.41, 5.74) is 1.15. The molecular weight excluding hydrogens is 434 g/mol. The van der Waals surface area contributed by atoms with Gasteiger partial charge in [-0.05, 0) is 55.0 Å². The molecule has 0 saturated carbocycles. The summed E-state index contributed by atoms with van der Waals surface area (Å²) in [7, 11) is 4.41. The van der Waals surface area contributed by atoms with E-state index in [1.54, 1.807) is 56.5 Å². The van der Waals surface area contributed by atoms with E-state index in [0.29, 0.717) is 26.9 Å². The standard InChI is InChI=1S/C23H23NO7S/c1-5-31-23(27)19-21(26)18(12-13-10-16(29-3)20(25)17(11-13)30-4)32-22(19)24-14-6-8-15(28-2)9-7-14/h6-12,25-26H,5H2,1-4H3/b18-12-,24-22?. The number of aromatic hydroxyl groups is 1. The van der Waals surface area contributed by atoms with Crippen LogP contribution in [0, 0.1) is 0 Å². The van der Waals surface area contributed by atoms with Gasteiger partial charge in [0.2, 0.25) is 5.75 Å². The van der Waals surface area contributed by atoms with Crippen molar-refractivity contribution in [3.8, 4) is 23.0 Å². The van der Waals surface area contributed by atoms with E-state index in [-0.39, 0.29) is 35.2 Å². The molecule has 0 aliphatic carbocycles. The molecule has 32 heavy (non-hydrogen) atoms. The van der Waals surface area contributed by atoms with E-state index in [2.05, 4.69) is 4.99 Å². The van der Waals surface area contributed by atoms with Crippen LogP contribution in [0.5, 0.6) is 23.0 Å². The molecule has 0 spiro atoms. The van der Waals surface area contributed by atoms with Gasteiger partial charge in [0.15, 0.2) is 11.5 Å². The molecule has 9 heteroatoms. The number of ether oxygens (including phenoxy) is 4. The Hall–Kier alpha value is -3.59. The zero-order valence-electron chi connectivity index (χ0n) is 18.0. The van der Waals surface area contributed by atoms with Crippen molar-refractivity contribution < 1.29 is 34.0 Å². The first-order chi connectivity index (χ1) is 15.4. The van der Waals surface area contributed by atoms with Gasteiger partial charge in [-0.25, -0.2) is 9.79 Å². The Kier molecular flexibility index (Phi) is 7.32. The van der Waals surface area contributed by atoms with Crippen LogP contribution in [0.2, 0.25) is 0 Å². The second-order valence-electron chi connectivity index (χ2n) is 6.44. The second kappa shape index (κ2) is 10.1. The largest absolute Gasteiger partial charge is 0.506 e. The third-order valence-corrected chi connectivity index (χ3v) is 5.49. The molecule has 1 aliphatic rings. The van der Waals surface area contributed by atoms with Gasteiger partial charge in [0, 0.05) is 0 Å². The number of benzene rings is 2. The number of aliphatic hydroxyl groups is 1. The van der Waals surface area contributed by atoms with Crippen LogP contribution >= 0.6 is 11.8 Å². The van der Waals surface area contributed by atoms with Crippen LogP contribution in [0.4, 0.5) is 5.69 Å². The lowest BCUT2D eigenvalue weighted by atomic mass is 10.1. The van der Waals surface area contributed by atoms with Crippen molar-refractivity contribution in [3.05, 3.63) is 58.2 Å². The van der Waals surface area contributed by atoms with Crippen LogP contribution in [0.15, 0.2) is 57.6 Å². The minimum atomic E-state index is -0.672. The molecule has 0 atom stereocenters. The van der Waals surface area contributed by atoms with Crippen LogP contribution in [-0.2, 0) is 9.53 Å². The van der Waals surface area contributed by atoms with E-state index < -0.39 is 5.97 Å². The maximum Gasteiger partial charge on any atom is 0.344 e. The summed E-state index contributed by atoms with van der Waals surface area (Å²) in [6.45, 7) is 1.84. The van der Waals surface area contributed by atoms with Gasteiger partial charge < -0.3 is 29.2 Å². The number of nitrogens with zero attached hydrogens (tertiary/aromatic N) is 1. The van der Waals surface area contributed by atoms with E-state index in [1.165, 1.54) is 14.2 Å². The van der Waals surface area contributed by atoms with Gasteiger partial charge in [-0.2, -0.15) is 0 Å². The van der Waals surface area contributed by atoms with E-state index in [1.807, 2.05) is 0 Å². The number of thioether (sulfide) groups is 1. The molecular formula is C23H23NO7S. The van der Waals surface area contributed by atoms with Crippen LogP contribution < -0.4 is 14.2 Å². The van der Waals surface area contributed by atoms with Crippen molar-refractivity contribution >= 4 is 34.5 Å². The fraction of sp³-hybridized carbons (Fsp3) is 0.217. The number of phenols is 1. The Morgan fingerprint density at radius 2 is 1.66 bits per heavy atom. The van der Waals surface area contributed by atoms with Crippen molar-refractivity contribution in [2.75, 3.05) is 27.9 Å². The molecule has 8 nitrogen and oxygen atoms in total. The number of esters is 1. The number of carbonyl (C=O) groups excluding carboxylic acids is 1. The highest BCUT2D eigenvalue weighted by atomic mass is 32.2. The molecule has 3 rings (SSSR count). The fourth-order valence-corrected chi connectivity index (χ4v) is 3.95. The quantitative estimate of drug-likeness (QED) is 0.581. The fourth-order valence-electron chi connectivity index (χ4n) is 2.91. The van der Waals surface area contributed by atoms with Crippen molar-refractivity contribution in [3.63, 3.8) is 0 Å². The molecule has 0 fully saturated rings. The number of carbonyl (C=O) groups is 1. The van der Waals surface area contributed by atoms with E-state index in [0.717, 1.165) is 11.8 Å². The zero-order chi connectivity index (χ0) is 23.3. The first kappa shape index (κ1) is 23.1. The smallest absolute Gasteiger partial charge is 0.344 e. The van der Waals surface area contributed by atoms with Crippen LogP contribution in [0.1, 0.15) is 12.5 Å². The summed E-state index contributed by atoms with van der Waals surface area (Å²) in [4.78, 5) is 17.4. The van der Waals surface area contributed by atoms with Crippen LogP contribution in [-0.4, -0.2) is 49.2 Å². The minimum Gasteiger partial charge on any atom is -0.506 e. The predicted molar refractivity (Wildman–Crippen MR) is 123 cm³/mol. The van der Waals surface area contributed by atoms with Gasteiger partial charge in [-0.3, -0.25) is 0 Å². The monoisotopic (exact) mass is 457 g/mol. The topological polar surface area (TPSA) is 107 Å². The molecule has 2 N–H and O–H groups in total. The van der Waals surface area contributed by atoms with Crippen molar-refractivity contribution in [1.29, 1.82) is 0 Å². The van der Waals surface area contributed by atoms with Crippen LogP contribution in [0.25, 0.3) is 6.08 Å². The van der Waals surface area contributed by atoms with Gasteiger partial charge in [0.1, 0.15) is 22.1 Å². The van der Waals surface area contributed by atoms with E-state index in [9.17, 15) is 15.0 Å². The second-order valence-corrected chi connectivity index (χ2v) is 7.47. The lowest BCUT2D eigenvalue weighted by Crippen LogP contribution is -2.12. The highest BCUT2D eigenvalue weighted by molar-refractivity contribution is 8.18. The van der Waals surface area contributed by atoms with Crippen molar-refractivity contribution in [2.24, 2.45) is 4.99 Å².